The number of hydrogen-bond acceptors (Lipinski definition) is 3. The average molecular weight is 331 g/mol. The van der Waals surface area contributed by atoms with Crippen molar-refractivity contribution in [3.63, 3.8) is 0 Å². The monoisotopic (exact) mass is 331 g/mol. The number of nitrogens with zero attached hydrogens (tertiary/aromatic N) is 1. The van der Waals surface area contributed by atoms with Crippen molar-refractivity contribution in [2.75, 3.05) is 13.2 Å². The van der Waals surface area contributed by atoms with Gasteiger partial charge in [-0.25, -0.2) is 0 Å². The van der Waals surface area contributed by atoms with Gasteiger partial charge in [0.25, 0.3) is 0 Å². The summed E-state index contributed by atoms with van der Waals surface area (Å²) in [5.74, 6) is 0. The lowest BCUT2D eigenvalue weighted by molar-refractivity contribution is -0.137. The molecule has 1 aliphatic rings. The minimum absolute atomic E-state index is 0.0237. The van der Waals surface area contributed by atoms with Gasteiger partial charge in [0, 0.05) is 18.7 Å². The van der Waals surface area contributed by atoms with Gasteiger partial charge >= 0.3 is 6.18 Å². The number of thiocarbonyl (C=S) groups is 1. The fourth-order valence-corrected chi connectivity index (χ4v) is 2.22. The molecule has 2 rings (SSSR count). The lowest BCUT2D eigenvalue weighted by Crippen LogP contribution is -2.37. The minimum atomic E-state index is -4.42. The summed E-state index contributed by atoms with van der Waals surface area (Å²) >= 11 is 5.00. The van der Waals surface area contributed by atoms with Crippen molar-refractivity contribution >= 4 is 23.5 Å². The van der Waals surface area contributed by atoms with Crippen LogP contribution in [0.3, 0.4) is 0 Å². The van der Waals surface area contributed by atoms with E-state index in [0.717, 1.165) is 31.7 Å². The van der Waals surface area contributed by atoms with Gasteiger partial charge in [-0.05, 0) is 31.1 Å². The van der Waals surface area contributed by atoms with Crippen LogP contribution in [0.2, 0.25) is 0 Å². The number of nitrogens with one attached hydrogen (secondary N) is 2. The smallest absolute Gasteiger partial charge is 0.376 e. The third-order valence-electron chi connectivity index (χ3n) is 3.15. The number of rotatable bonds is 4. The summed E-state index contributed by atoms with van der Waals surface area (Å²) in [5.41, 5.74) is 1.74. The summed E-state index contributed by atoms with van der Waals surface area (Å²) in [6.45, 7) is 1.30. The molecular formula is C14H16F3N3OS. The lowest BCUT2D eigenvalue weighted by Gasteiger charge is -2.12. The molecule has 1 aromatic carbocycles. The van der Waals surface area contributed by atoms with E-state index in [1.54, 1.807) is 0 Å². The Bertz CT molecular complexity index is 542. The van der Waals surface area contributed by atoms with E-state index < -0.39 is 11.7 Å². The molecule has 0 aliphatic carbocycles. The molecule has 1 saturated heterocycles. The molecule has 2 N–H and O–H groups in total. The van der Waals surface area contributed by atoms with Gasteiger partial charge in [0.05, 0.1) is 17.9 Å². The molecular weight excluding hydrogens is 315 g/mol. The molecule has 0 amide bonds. The van der Waals surface area contributed by atoms with Gasteiger partial charge in [-0.1, -0.05) is 18.2 Å². The van der Waals surface area contributed by atoms with E-state index in [9.17, 15) is 13.2 Å². The van der Waals surface area contributed by atoms with Crippen LogP contribution in [0.1, 0.15) is 24.0 Å². The Morgan fingerprint density at radius 1 is 1.41 bits per heavy atom. The number of hydrazone groups is 1. The Morgan fingerprint density at radius 2 is 2.18 bits per heavy atom. The van der Waals surface area contributed by atoms with E-state index in [1.807, 2.05) is 0 Å². The maximum atomic E-state index is 12.8. The molecule has 0 saturated carbocycles. The van der Waals surface area contributed by atoms with Gasteiger partial charge in [0.2, 0.25) is 0 Å². The van der Waals surface area contributed by atoms with Crippen LogP contribution in [-0.2, 0) is 10.9 Å². The summed E-state index contributed by atoms with van der Waals surface area (Å²) in [7, 11) is 0. The minimum Gasteiger partial charge on any atom is -0.376 e. The second-order valence-electron chi connectivity index (χ2n) is 4.80. The molecule has 1 aliphatic heterocycles. The summed E-state index contributed by atoms with van der Waals surface area (Å²) < 4.78 is 43.8. The van der Waals surface area contributed by atoms with Crippen molar-refractivity contribution in [1.82, 2.24) is 10.7 Å². The Kier molecular flexibility index (Phi) is 5.73. The zero-order chi connectivity index (χ0) is 16.0. The first-order chi connectivity index (χ1) is 10.5. The number of benzene rings is 1. The number of ether oxygens (including phenoxy) is 1. The van der Waals surface area contributed by atoms with E-state index in [0.29, 0.717) is 6.54 Å². The molecule has 8 heteroatoms. The third-order valence-corrected chi connectivity index (χ3v) is 3.39. The molecule has 1 aromatic rings. The standard InChI is InChI=1S/C14H16F3N3OS/c15-14(16,17)12-6-2-1-4-10(12)8-19-20-13(22)18-9-11-5-3-7-21-11/h1-2,4,6,8,11H,3,5,7,9H2,(H2,18,20,22)/b19-8-/t11-/m0/s1. The van der Waals surface area contributed by atoms with Crippen molar-refractivity contribution in [3.8, 4) is 0 Å². The highest BCUT2D eigenvalue weighted by Crippen LogP contribution is 2.30. The van der Waals surface area contributed by atoms with Crippen LogP contribution in [0.25, 0.3) is 0 Å². The van der Waals surface area contributed by atoms with Gasteiger partial charge in [0.1, 0.15) is 0 Å². The maximum absolute atomic E-state index is 12.8. The highest BCUT2D eigenvalue weighted by molar-refractivity contribution is 7.80. The molecule has 0 unspecified atom stereocenters. The quantitative estimate of drug-likeness (QED) is 0.506. The lowest BCUT2D eigenvalue weighted by atomic mass is 10.1. The van der Waals surface area contributed by atoms with Gasteiger partial charge in [-0.15, -0.1) is 0 Å². The molecule has 1 fully saturated rings. The Hall–Kier alpha value is -1.67. The summed E-state index contributed by atoms with van der Waals surface area (Å²) in [4.78, 5) is 0. The second-order valence-corrected chi connectivity index (χ2v) is 5.21. The molecule has 0 radical (unpaired) electrons. The van der Waals surface area contributed by atoms with Gasteiger partial charge in [0.15, 0.2) is 5.11 Å². The van der Waals surface area contributed by atoms with Gasteiger partial charge in [-0.3, -0.25) is 5.43 Å². The van der Waals surface area contributed by atoms with E-state index in [1.165, 1.54) is 18.2 Å². The highest BCUT2D eigenvalue weighted by Gasteiger charge is 2.32. The number of halogens is 3. The van der Waals surface area contributed by atoms with Crippen LogP contribution >= 0.6 is 12.2 Å². The van der Waals surface area contributed by atoms with Crippen LogP contribution in [0.15, 0.2) is 29.4 Å². The predicted molar refractivity (Wildman–Crippen MR) is 81.7 cm³/mol. The van der Waals surface area contributed by atoms with Crippen molar-refractivity contribution in [2.24, 2.45) is 5.10 Å². The molecule has 1 heterocycles. The maximum Gasteiger partial charge on any atom is 0.417 e. The molecule has 0 bridgehead atoms. The van der Waals surface area contributed by atoms with E-state index in [4.69, 9.17) is 17.0 Å². The molecule has 4 nitrogen and oxygen atoms in total. The third kappa shape index (κ3) is 4.96. The number of hydrogen-bond donors (Lipinski definition) is 2. The van der Waals surface area contributed by atoms with Crippen molar-refractivity contribution < 1.29 is 17.9 Å². The van der Waals surface area contributed by atoms with Crippen LogP contribution in [0.5, 0.6) is 0 Å². The molecule has 22 heavy (non-hydrogen) atoms. The van der Waals surface area contributed by atoms with E-state index in [-0.39, 0.29) is 16.8 Å². The first-order valence-electron chi connectivity index (χ1n) is 6.81. The zero-order valence-electron chi connectivity index (χ0n) is 11.7. The predicted octanol–water partition coefficient (Wildman–Crippen LogP) is 2.68. The Labute approximate surface area is 131 Å². The molecule has 1 atom stereocenters. The molecule has 120 valence electrons. The topological polar surface area (TPSA) is 45.7 Å². The van der Waals surface area contributed by atoms with Crippen LogP contribution in [-0.4, -0.2) is 30.6 Å². The Balaban J connectivity index is 1.85. The summed E-state index contributed by atoms with van der Waals surface area (Å²) in [6.07, 6.45) is -1.20. The fourth-order valence-electron chi connectivity index (χ4n) is 2.08. The van der Waals surface area contributed by atoms with E-state index >= 15 is 0 Å². The largest absolute Gasteiger partial charge is 0.417 e. The first-order valence-corrected chi connectivity index (χ1v) is 7.22. The molecule has 0 spiro atoms. The van der Waals surface area contributed by atoms with E-state index in [2.05, 4.69) is 15.8 Å². The van der Waals surface area contributed by atoms with Crippen molar-refractivity contribution in [1.29, 1.82) is 0 Å². The fraction of sp³-hybridized carbons (Fsp3) is 0.429. The van der Waals surface area contributed by atoms with Gasteiger partial charge < -0.3 is 10.1 Å². The zero-order valence-corrected chi connectivity index (χ0v) is 12.5. The SMILES string of the molecule is FC(F)(F)c1ccccc1/C=N\NC(=S)NC[C@@H]1CCCO1. The second kappa shape index (κ2) is 7.55. The highest BCUT2D eigenvalue weighted by atomic mass is 32.1. The van der Waals surface area contributed by atoms with Gasteiger partial charge in [-0.2, -0.15) is 18.3 Å². The normalized spacial score (nSPS) is 18.6. The van der Waals surface area contributed by atoms with Crippen LogP contribution in [0, 0.1) is 0 Å². The van der Waals surface area contributed by atoms with Crippen molar-refractivity contribution in [2.45, 2.75) is 25.1 Å². The average Bonchev–Trinajstić information content (AvgIpc) is 2.98. The molecule has 0 aromatic heterocycles. The summed E-state index contributed by atoms with van der Waals surface area (Å²) in [5, 5.41) is 6.90. The van der Waals surface area contributed by atoms with Crippen LogP contribution < -0.4 is 10.7 Å². The first kappa shape index (κ1) is 16.7. The summed E-state index contributed by atoms with van der Waals surface area (Å²) in [6, 6.07) is 5.21. The Morgan fingerprint density at radius 3 is 2.86 bits per heavy atom. The van der Waals surface area contributed by atoms with Crippen LogP contribution in [0.4, 0.5) is 13.2 Å². The van der Waals surface area contributed by atoms with Crippen molar-refractivity contribution in [3.05, 3.63) is 35.4 Å². The number of alkyl halides is 3.